The number of benzene rings is 2. The SMILES string of the molecule is c1ccc(-c2ccn3c(c2)nc2ccccc23)cc1. The molecule has 2 heterocycles. The van der Waals surface area contributed by atoms with E-state index in [2.05, 4.69) is 58.0 Å². The summed E-state index contributed by atoms with van der Waals surface area (Å²) in [6.07, 6.45) is 2.09. The van der Waals surface area contributed by atoms with Gasteiger partial charge >= 0.3 is 0 Å². The Hall–Kier alpha value is -2.61. The van der Waals surface area contributed by atoms with Crippen molar-refractivity contribution >= 4 is 16.7 Å². The molecule has 90 valence electrons. The first-order valence-electron chi connectivity index (χ1n) is 6.34. The summed E-state index contributed by atoms with van der Waals surface area (Å²) in [6.45, 7) is 0. The maximum atomic E-state index is 4.66. The van der Waals surface area contributed by atoms with Gasteiger partial charge in [-0.15, -0.1) is 0 Å². The Morgan fingerprint density at radius 3 is 2.42 bits per heavy atom. The highest BCUT2D eigenvalue weighted by Gasteiger charge is 2.04. The maximum absolute atomic E-state index is 4.66. The zero-order chi connectivity index (χ0) is 12.7. The average molecular weight is 244 g/mol. The van der Waals surface area contributed by atoms with E-state index in [0.717, 1.165) is 16.7 Å². The second-order valence-electron chi connectivity index (χ2n) is 4.61. The van der Waals surface area contributed by atoms with E-state index >= 15 is 0 Å². The fourth-order valence-corrected chi connectivity index (χ4v) is 2.47. The van der Waals surface area contributed by atoms with E-state index in [0.29, 0.717) is 0 Å². The summed E-state index contributed by atoms with van der Waals surface area (Å²) in [4.78, 5) is 4.66. The van der Waals surface area contributed by atoms with Gasteiger partial charge in [-0.2, -0.15) is 0 Å². The first-order valence-corrected chi connectivity index (χ1v) is 6.34. The van der Waals surface area contributed by atoms with Gasteiger partial charge in [-0.1, -0.05) is 42.5 Å². The molecule has 0 radical (unpaired) electrons. The van der Waals surface area contributed by atoms with Crippen molar-refractivity contribution in [3.8, 4) is 11.1 Å². The van der Waals surface area contributed by atoms with Crippen LogP contribution >= 0.6 is 0 Å². The lowest BCUT2D eigenvalue weighted by Gasteiger charge is -2.02. The van der Waals surface area contributed by atoms with Gasteiger partial charge in [0.05, 0.1) is 11.0 Å². The fraction of sp³-hybridized carbons (Fsp3) is 0. The number of nitrogens with zero attached hydrogens (tertiary/aromatic N) is 2. The molecule has 0 spiro atoms. The van der Waals surface area contributed by atoms with Crippen LogP contribution in [0.3, 0.4) is 0 Å². The van der Waals surface area contributed by atoms with Gasteiger partial charge in [0.15, 0.2) is 0 Å². The quantitative estimate of drug-likeness (QED) is 0.491. The summed E-state index contributed by atoms with van der Waals surface area (Å²) < 4.78 is 2.13. The van der Waals surface area contributed by atoms with E-state index in [1.54, 1.807) is 0 Å². The Kier molecular flexibility index (Phi) is 2.15. The molecule has 0 atom stereocenters. The van der Waals surface area contributed by atoms with Gasteiger partial charge in [0, 0.05) is 6.20 Å². The van der Waals surface area contributed by atoms with Crippen molar-refractivity contribution in [2.75, 3.05) is 0 Å². The van der Waals surface area contributed by atoms with Crippen LogP contribution in [-0.2, 0) is 0 Å². The lowest BCUT2D eigenvalue weighted by molar-refractivity contribution is 1.23. The molecular weight excluding hydrogens is 232 g/mol. The first kappa shape index (κ1) is 10.3. The standard InChI is InChI=1S/C17H12N2/c1-2-6-13(7-3-1)14-10-11-19-16-9-5-4-8-15(16)18-17(19)12-14/h1-12H. The van der Waals surface area contributed by atoms with E-state index < -0.39 is 0 Å². The molecule has 0 aliphatic rings. The van der Waals surface area contributed by atoms with Gasteiger partial charge < -0.3 is 0 Å². The molecule has 2 aromatic heterocycles. The molecule has 4 aromatic rings. The molecule has 0 saturated heterocycles. The third kappa shape index (κ3) is 1.61. The van der Waals surface area contributed by atoms with E-state index in [1.807, 2.05) is 24.3 Å². The van der Waals surface area contributed by atoms with Crippen LogP contribution in [0.2, 0.25) is 0 Å². The Morgan fingerprint density at radius 1 is 0.737 bits per heavy atom. The summed E-state index contributed by atoms with van der Waals surface area (Å²) in [7, 11) is 0. The number of fused-ring (bicyclic) bond motifs is 3. The number of hydrogen-bond donors (Lipinski definition) is 0. The molecule has 2 nitrogen and oxygen atoms in total. The average Bonchev–Trinajstić information content (AvgIpc) is 2.86. The summed E-state index contributed by atoms with van der Waals surface area (Å²) in [5.41, 5.74) is 5.59. The van der Waals surface area contributed by atoms with Crippen LogP contribution in [0.5, 0.6) is 0 Å². The van der Waals surface area contributed by atoms with E-state index in [4.69, 9.17) is 0 Å². The molecular formula is C17H12N2. The molecule has 0 N–H and O–H groups in total. The largest absolute Gasteiger partial charge is 0.300 e. The maximum Gasteiger partial charge on any atom is 0.138 e. The molecule has 0 bridgehead atoms. The van der Waals surface area contributed by atoms with Crippen molar-refractivity contribution in [2.45, 2.75) is 0 Å². The number of pyridine rings is 1. The molecule has 2 heteroatoms. The van der Waals surface area contributed by atoms with E-state index in [9.17, 15) is 0 Å². The summed E-state index contributed by atoms with van der Waals surface area (Å²) in [6, 6.07) is 22.9. The van der Waals surface area contributed by atoms with Crippen molar-refractivity contribution in [3.05, 3.63) is 72.9 Å². The minimum Gasteiger partial charge on any atom is -0.300 e. The monoisotopic (exact) mass is 244 g/mol. The second-order valence-corrected chi connectivity index (χ2v) is 4.61. The zero-order valence-electron chi connectivity index (χ0n) is 10.3. The molecule has 2 aromatic carbocycles. The zero-order valence-corrected chi connectivity index (χ0v) is 10.3. The topological polar surface area (TPSA) is 17.3 Å². The summed E-state index contributed by atoms with van der Waals surface area (Å²) in [5.74, 6) is 0. The van der Waals surface area contributed by atoms with Gasteiger partial charge in [-0.3, -0.25) is 4.40 Å². The third-order valence-corrected chi connectivity index (χ3v) is 3.42. The smallest absolute Gasteiger partial charge is 0.138 e. The summed E-state index contributed by atoms with van der Waals surface area (Å²) >= 11 is 0. The molecule has 0 fully saturated rings. The minimum atomic E-state index is 0.988. The van der Waals surface area contributed by atoms with Gasteiger partial charge in [0.1, 0.15) is 5.65 Å². The lowest BCUT2D eigenvalue weighted by Crippen LogP contribution is -1.85. The Bertz CT molecular complexity index is 860. The van der Waals surface area contributed by atoms with Gasteiger partial charge in [-0.25, -0.2) is 4.98 Å². The van der Waals surface area contributed by atoms with Crippen molar-refractivity contribution in [2.24, 2.45) is 0 Å². The molecule has 0 saturated carbocycles. The number of hydrogen-bond acceptors (Lipinski definition) is 1. The molecule has 0 aliphatic carbocycles. The van der Waals surface area contributed by atoms with Crippen LogP contribution in [0.1, 0.15) is 0 Å². The third-order valence-electron chi connectivity index (χ3n) is 3.42. The molecule has 0 aliphatic heterocycles. The van der Waals surface area contributed by atoms with Gasteiger partial charge in [0.2, 0.25) is 0 Å². The van der Waals surface area contributed by atoms with Crippen LogP contribution in [0.4, 0.5) is 0 Å². The molecule has 0 amide bonds. The van der Waals surface area contributed by atoms with Gasteiger partial charge in [-0.05, 0) is 35.4 Å². The molecule has 0 unspecified atom stereocenters. The second kappa shape index (κ2) is 3.95. The molecule has 4 rings (SSSR count). The van der Waals surface area contributed by atoms with E-state index in [1.165, 1.54) is 11.1 Å². The van der Waals surface area contributed by atoms with Crippen molar-refractivity contribution in [1.29, 1.82) is 0 Å². The Balaban J connectivity index is 1.99. The normalized spacial score (nSPS) is 11.2. The van der Waals surface area contributed by atoms with Crippen LogP contribution < -0.4 is 0 Å². The van der Waals surface area contributed by atoms with Crippen LogP contribution in [0.15, 0.2) is 72.9 Å². The predicted molar refractivity (Wildman–Crippen MR) is 78.1 cm³/mol. The minimum absolute atomic E-state index is 0.988. The van der Waals surface area contributed by atoms with E-state index in [-0.39, 0.29) is 0 Å². The van der Waals surface area contributed by atoms with Crippen LogP contribution in [0.25, 0.3) is 27.8 Å². The first-order chi connectivity index (χ1) is 9.42. The van der Waals surface area contributed by atoms with Crippen molar-refractivity contribution in [1.82, 2.24) is 9.38 Å². The highest BCUT2D eigenvalue weighted by Crippen LogP contribution is 2.23. The van der Waals surface area contributed by atoms with Crippen LogP contribution in [-0.4, -0.2) is 9.38 Å². The Labute approximate surface area is 111 Å². The molecule has 19 heavy (non-hydrogen) atoms. The number of aromatic nitrogens is 2. The predicted octanol–water partition coefficient (Wildman–Crippen LogP) is 4.15. The van der Waals surface area contributed by atoms with Crippen molar-refractivity contribution in [3.63, 3.8) is 0 Å². The number of para-hydroxylation sites is 2. The van der Waals surface area contributed by atoms with Crippen LogP contribution in [0, 0.1) is 0 Å². The van der Waals surface area contributed by atoms with Crippen molar-refractivity contribution < 1.29 is 0 Å². The Morgan fingerprint density at radius 2 is 1.53 bits per heavy atom. The number of imidazole rings is 1. The fourth-order valence-electron chi connectivity index (χ4n) is 2.47. The summed E-state index contributed by atoms with van der Waals surface area (Å²) in [5, 5.41) is 0. The highest BCUT2D eigenvalue weighted by atomic mass is 15.0. The number of rotatable bonds is 1. The lowest BCUT2D eigenvalue weighted by atomic mass is 10.1. The van der Waals surface area contributed by atoms with Gasteiger partial charge in [0.25, 0.3) is 0 Å². The highest BCUT2D eigenvalue weighted by molar-refractivity contribution is 5.82.